The Kier molecular flexibility index (Phi) is 5.58. The smallest absolute Gasteiger partial charge is 0.410 e. The van der Waals surface area contributed by atoms with Crippen molar-refractivity contribution in [2.24, 2.45) is 0 Å². The van der Waals surface area contributed by atoms with E-state index in [2.05, 4.69) is 18.2 Å². The summed E-state index contributed by atoms with van der Waals surface area (Å²) in [5.74, 6) is 0. The number of carbonyl (C=O) groups excluding carboxylic acids is 1. The summed E-state index contributed by atoms with van der Waals surface area (Å²) in [7, 11) is 1.80. The molecule has 1 atom stereocenters. The van der Waals surface area contributed by atoms with Gasteiger partial charge in [0, 0.05) is 19.0 Å². The summed E-state index contributed by atoms with van der Waals surface area (Å²) < 4.78 is 17.5. The van der Waals surface area contributed by atoms with Gasteiger partial charge in [0.05, 0.1) is 13.2 Å². The van der Waals surface area contributed by atoms with Crippen LogP contribution in [0.25, 0.3) is 0 Å². The molecule has 1 saturated heterocycles. The summed E-state index contributed by atoms with van der Waals surface area (Å²) in [5, 5.41) is 0. The molecule has 2 aliphatic rings. The first kappa shape index (κ1) is 19.2. The molecule has 1 aliphatic carbocycles. The lowest BCUT2D eigenvalue weighted by Crippen LogP contribution is -2.47. The summed E-state index contributed by atoms with van der Waals surface area (Å²) in [4.78, 5) is 14.6. The van der Waals surface area contributed by atoms with E-state index >= 15 is 0 Å². The molecule has 1 aromatic rings. The Hall–Kier alpha value is -1.59. The zero-order valence-corrected chi connectivity index (χ0v) is 16.4. The summed E-state index contributed by atoms with van der Waals surface area (Å²) in [6.45, 7) is 7.31. The van der Waals surface area contributed by atoms with Crippen LogP contribution in [0.3, 0.4) is 0 Å². The third-order valence-corrected chi connectivity index (χ3v) is 5.57. The molecule has 26 heavy (non-hydrogen) atoms. The fraction of sp³-hybridized carbons (Fsp3) is 0.667. The zero-order valence-electron chi connectivity index (χ0n) is 16.4. The fourth-order valence-corrected chi connectivity index (χ4v) is 3.73. The lowest BCUT2D eigenvalue weighted by molar-refractivity contribution is -0.0818. The predicted octanol–water partition coefficient (Wildman–Crippen LogP) is 4.24. The number of ether oxygens (including phenoxy) is 3. The van der Waals surface area contributed by atoms with E-state index in [1.54, 1.807) is 11.9 Å². The maximum absolute atomic E-state index is 12.9. The molecule has 144 valence electrons. The van der Waals surface area contributed by atoms with Gasteiger partial charge in [-0.05, 0) is 57.6 Å². The molecule has 0 bridgehead atoms. The number of rotatable bonds is 4. The van der Waals surface area contributed by atoms with Gasteiger partial charge in [-0.25, -0.2) is 4.79 Å². The third kappa shape index (κ3) is 4.04. The fourth-order valence-electron chi connectivity index (χ4n) is 3.73. The number of fused-ring (bicyclic) bond motifs is 1. The van der Waals surface area contributed by atoms with Crippen molar-refractivity contribution in [3.8, 4) is 0 Å². The average molecular weight is 361 g/mol. The highest BCUT2D eigenvalue weighted by molar-refractivity contribution is 5.69. The summed E-state index contributed by atoms with van der Waals surface area (Å²) in [6, 6.07) is 8.34. The van der Waals surface area contributed by atoms with E-state index in [1.807, 2.05) is 26.8 Å². The molecule has 0 aromatic heterocycles. The van der Waals surface area contributed by atoms with Crippen LogP contribution in [0.2, 0.25) is 0 Å². The average Bonchev–Trinajstić information content (AvgIpc) is 3.12. The highest BCUT2D eigenvalue weighted by Crippen LogP contribution is 2.43. The van der Waals surface area contributed by atoms with E-state index < -0.39 is 5.60 Å². The van der Waals surface area contributed by atoms with Crippen LogP contribution in [0.15, 0.2) is 24.3 Å². The number of amides is 1. The predicted molar refractivity (Wildman–Crippen MR) is 100.0 cm³/mol. The van der Waals surface area contributed by atoms with Crippen molar-refractivity contribution in [1.29, 1.82) is 0 Å². The quantitative estimate of drug-likeness (QED) is 0.805. The van der Waals surface area contributed by atoms with Gasteiger partial charge in [-0.2, -0.15) is 0 Å². The molecule has 1 heterocycles. The van der Waals surface area contributed by atoms with Crippen molar-refractivity contribution < 1.29 is 19.0 Å². The standard InChI is InChI=1S/C21H31NO4/c1-20(2,3)22(4)19(23)26-21(13-11-18-24-14-15-25-18)12-7-9-16-8-5-6-10-17(16)21/h5-6,8,10,18H,7,9,11-15H2,1-4H3. The third-order valence-electron chi connectivity index (χ3n) is 5.57. The first-order valence-corrected chi connectivity index (χ1v) is 9.60. The second-order valence-electron chi connectivity index (χ2n) is 8.31. The molecule has 5 nitrogen and oxygen atoms in total. The van der Waals surface area contributed by atoms with Gasteiger partial charge in [0.2, 0.25) is 0 Å². The Balaban J connectivity index is 1.86. The second-order valence-corrected chi connectivity index (χ2v) is 8.31. The molecule has 0 saturated carbocycles. The van der Waals surface area contributed by atoms with Gasteiger partial charge in [0.1, 0.15) is 5.60 Å². The minimum Gasteiger partial charge on any atom is -0.438 e. The summed E-state index contributed by atoms with van der Waals surface area (Å²) in [5.41, 5.74) is 1.52. The SMILES string of the molecule is CN(C(=O)OC1(CCC2OCCO2)CCCc2ccccc21)C(C)(C)C. The highest BCUT2D eigenvalue weighted by atomic mass is 16.7. The van der Waals surface area contributed by atoms with Gasteiger partial charge < -0.3 is 19.1 Å². The van der Waals surface area contributed by atoms with E-state index in [1.165, 1.54) is 5.56 Å². The molecule has 0 N–H and O–H groups in total. The zero-order chi connectivity index (χ0) is 18.8. The number of carbonyl (C=O) groups is 1. The molecule has 3 rings (SSSR count). The molecule has 1 fully saturated rings. The van der Waals surface area contributed by atoms with Gasteiger partial charge in [-0.3, -0.25) is 0 Å². The topological polar surface area (TPSA) is 48.0 Å². The minimum atomic E-state index is -0.610. The van der Waals surface area contributed by atoms with Crippen molar-refractivity contribution in [2.75, 3.05) is 20.3 Å². The number of hydrogen-bond donors (Lipinski definition) is 0. The molecular formula is C21H31NO4. The normalized spacial score (nSPS) is 23.5. The molecule has 0 spiro atoms. The van der Waals surface area contributed by atoms with Crippen LogP contribution in [0.4, 0.5) is 4.79 Å². The lowest BCUT2D eigenvalue weighted by atomic mass is 9.76. The van der Waals surface area contributed by atoms with E-state index in [4.69, 9.17) is 14.2 Å². The minimum absolute atomic E-state index is 0.194. The monoisotopic (exact) mass is 361 g/mol. The molecule has 1 aromatic carbocycles. The summed E-state index contributed by atoms with van der Waals surface area (Å²) >= 11 is 0. The van der Waals surface area contributed by atoms with Gasteiger partial charge in [-0.15, -0.1) is 0 Å². The molecule has 0 radical (unpaired) electrons. The van der Waals surface area contributed by atoms with Gasteiger partial charge in [0.25, 0.3) is 0 Å². The maximum atomic E-state index is 12.9. The van der Waals surface area contributed by atoms with Crippen molar-refractivity contribution in [1.82, 2.24) is 4.90 Å². The maximum Gasteiger partial charge on any atom is 0.410 e. The molecular weight excluding hydrogens is 330 g/mol. The van der Waals surface area contributed by atoms with E-state index in [0.717, 1.165) is 31.2 Å². The first-order chi connectivity index (χ1) is 12.3. The first-order valence-electron chi connectivity index (χ1n) is 9.60. The van der Waals surface area contributed by atoms with Crippen molar-refractivity contribution in [3.63, 3.8) is 0 Å². The largest absolute Gasteiger partial charge is 0.438 e. The van der Waals surface area contributed by atoms with Crippen LogP contribution >= 0.6 is 0 Å². The van der Waals surface area contributed by atoms with Crippen LogP contribution in [0.1, 0.15) is 57.6 Å². The number of nitrogens with zero attached hydrogens (tertiary/aromatic N) is 1. The van der Waals surface area contributed by atoms with Crippen molar-refractivity contribution >= 4 is 6.09 Å². The molecule has 1 aliphatic heterocycles. The Morgan fingerprint density at radius 1 is 1.27 bits per heavy atom. The van der Waals surface area contributed by atoms with Crippen LogP contribution in [0, 0.1) is 0 Å². The van der Waals surface area contributed by atoms with Crippen molar-refractivity contribution in [3.05, 3.63) is 35.4 Å². The lowest BCUT2D eigenvalue weighted by Gasteiger charge is -2.41. The van der Waals surface area contributed by atoms with E-state index in [9.17, 15) is 4.79 Å². The molecule has 1 amide bonds. The van der Waals surface area contributed by atoms with Crippen LogP contribution in [0.5, 0.6) is 0 Å². The number of benzene rings is 1. The van der Waals surface area contributed by atoms with Crippen LogP contribution < -0.4 is 0 Å². The Morgan fingerprint density at radius 2 is 1.96 bits per heavy atom. The molecule has 1 unspecified atom stereocenters. The number of aryl methyl sites for hydroxylation is 1. The van der Waals surface area contributed by atoms with E-state index in [-0.39, 0.29) is 17.9 Å². The highest BCUT2D eigenvalue weighted by Gasteiger charge is 2.42. The Labute approximate surface area is 156 Å². The Bertz CT molecular complexity index is 633. The van der Waals surface area contributed by atoms with Crippen LogP contribution in [-0.4, -0.2) is 43.1 Å². The molecule has 5 heteroatoms. The van der Waals surface area contributed by atoms with Crippen molar-refractivity contribution in [2.45, 2.75) is 70.3 Å². The van der Waals surface area contributed by atoms with E-state index in [0.29, 0.717) is 19.6 Å². The van der Waals surface area contributed by atoms with Gasteiger partial charge in [-0.1, -0.05) is 24.3 Å². The summed E-state index contributed by atoms with van der Waals surface area (Å²) in [6.07, 6.45) is 3.83. The Morgan fingerprint density at radius 3 is 2.65 bits per heavy atom. The number of hydrogen-bond acceptors (Lipinski definition) is 4. The van der Waals surface area contributed by atoms with Gasteiger partial charge >= 0.3 is 6.09 Å². The van der Waals surface area contributed by atoms with Crippen LogP contribution in [-0.2, 0) is 26.2 Å². The van der Waals surface area contributed by atoms with Gasteiger partial charge in [0.15, 0.2) is 6.29 Å². The second kappa shape index (κ2) is 7.57.